The van der Waals surface area contributed by atoms with Crippen molar-refractivity contribution in [1.29, 1.82) is 0 Å². The first-order chi connectivity index (χ1) is 5.27. The minimum atomic E-state index is -0.193. The van der Waals surface area contributed by atoms with E-state index < -0.39 is 0 Å². The van der Waals surface area contributed by atoms with Gasteiger partial charge in [-0.25, -0.2) is 0 Å². The maximum Gasteiger partial charge on any atom is 0.302 e. The van der Waals surface area contributed by atoms with Crippen LogP contribution in [0.15, 0.2) is 11.1 Å². The molecule has 0 N–H and O–H groups in total. The van der Waals surface area contributed by atoms with Crippen molar-refractivity contribution in [3.63, 3.8) is 0 Å². The van der Waals surface area contributed by atoms with Gasteiger partial charge in [0, 0.05) is 6.92 Å². The number of esters is 1. The number of halogens is 1. The van der Waals surface area contributed by atoms with Crippen LogP contribution in [0.5, 0.6) is 0 Å². The molecule has 0 amide bonds. The van der Waals surface area contributed by atoms with Crippen molar-refractivity contribution in [3.8, 4) is 0 Å². The van der Waals surface area contributed by atoms with Crippen molar-refractivity contribution < 1.29 is 9.53 Å². The minimum absolute atomic E-state index is 0.193. The van der Waals surface area contributed by atoms with Crippen LogP contribution in [-0.4, -0.2) is 12.6 Å². The van der Waals surface area contributed by atoms with Crippen molar-refractivity contribution >= 4 is 21.9 Å². The molecule has 0 radical (unpaired) electrons. The topological polar surface area (TPSA) is 26.3 Å². The van der Waals surface area contributed by atoms with E-state index in [0.717, 1.165) is 19.3 Å². The molecule has 0 unspecified atom stereocenters. The van der Waals surface area contributed by atoms with Crippen molar-refractivity contribution in [1.82, 2.24) is 0 Å². The zero-order chi connectivity index (χ0) is 8.53. The number of allylic oxidation sites excluding steroid dienone is 1. The lowest BCUT2D eigenvalue weighted by Crippen LogP contribution is -1.99. The number of rotatable bonds is 5. The highest BCUT2D eigenvalue weighted by Gasteiger charge is 1.90. The summed E-state index contributed by atoms with van der Waals surface area (Å²) in [6.45, 7) is 1.98. The third-order valence-electron chi connectivity index (χ3n) is 1.16. The fourth-order valence-electron chi connectivity index (χ4n) is 0.643. The fraction of sp³-hybridized carbons (Fsp3) is 0.625. The van der Waals surface area contributed by atoms with Crippen LogP contribution in [-0.2, 0) is 9.53 Å². The van der Waals surface area contributed by atoms with Gasteiger partial charge in [0.2, 0.25) is 0 Å². The van der Waals surface area contributed by atoms with Crippen LogP contribution in [0.4, 0.5) is 0 Å². The molecule has 0 saturated heterocycles. The van der Waals surface area contributed by atoms with Crippen LogP contribution in [0.3, 0.4) is 0 Å². The van der Waals surface area contributed by atoms with Crippen molar-refractivity contribution in [2.45, 2.75) is 26.2 Å². The summed E-state index contributed by atoms with van der Waals surface area (Å²) in [5, 5.41) is 0. The van der Waals surface area contributed by atoms with E-state index in [1.165, 1.54) is 6.92 Å². The molecule has 0 spiro atoms. The van der Waals surface area contributed by atoms with Gasteiger partial charge in [0.1, 0.15) is 0 Å². The monoisotopic (exact) mass is 220 g/mol. The normalized spacial score (nSPS) is 10.4. The minimum Gasteiger partial charge on any atom is -0.466 e. The first-order valence-electron chi connectivity index (χ1n) is 3.66. The molecule has 0 aromatic heterocycles. The number of hydrogen-bond donors (Lipinski definition) is 0. The van der Waals surface area contributed by atoms with Gasteiger partial charge in [0.05, 0.1) is 6.61 Å². The molecule has 64 valence electrons. The Labute approximate surface area is 75.7 Å². The van der Waals surface area contributed by atoms with E-state index >= 15 is 0 Å². The number of ether oxygens (including phenoxy) is 1. The van der Waals surface area contributed by atoms with Gasteiger partial charge in [0.15, 0.2) is 0 Å². The zero-order valence-electron chi connectivity index (χ0n) is 6.68. The van der Waals surface area contributed by atoms with Gasteiger partial charge in [-0.1, -0.05) is 22.0 Å². The molecule has 0 fully saturated rings. The van der Waals surface area contributed by atoms with E-state index in [0.29, 0.717) is 6.61 Å². The van der Waals surface area contributed by atoms with Gasteiger partial charge < -0.3 is 4.74 Å². The van der Waals surface area contributed by atoms with Gasteiger partial charge in [-0.05, 0) is 24.2 Å². The average Bonchev–Trinajstić information content (AvgIpc) is 1.96. The van der Waals surface area contributed by atoms with Gasteiger partial charge in [-0.15, -0.1) is 0 Å². The van der Waals surface area contributed by atoms with E-state index in [-0.39, 0.29) is 5.97 Å². The molecular weight excluding hydrogens is 208 g/mol. The van der Waals surface area contributed by atoms with E-state index in [1.807, 2.05) is 11.1 Å². The summed E-state index contributed by atoms with van der Waals surface area (Å²) in [6, 6.07) is 0. The van der Waals surface area contributed by atoms with Crippen LogP contribution in [0, 0.1) is 0 Å². The molecule has 0 saturated carbocycles. The smallest absolute Gasteiger partial charge is 0.302 e. The van der Waals surface area contributed by atoms with Crippen LogP contribution in [0.2, 0.25) is 0 Å². The molecule has 0 aliphatic heterocycles. The Morgan fingerprint density at radius 3 is 2.82 bits per heavy atom. The number of hydrogen-bond acceptors (Lipinski definition) is 2. The van der Waals surface area contributed by atoms with E-state index in [1.54, 1.807) is 0 Å². The third kappa shape index (κ3) is 9.69. The molecule has 0 aromatic rings. The Kier molecular flexibility index (Phi) is 7.57. The first kappa shape index (κ1) is 10.7. The van der Waals surface area contributed by atoms with E-state index in [9.17, 15) is 4.79 Å². The largest absolute Gasteiger partial charge is 0.466 e. The molecular formula is C8H13BrO2. The molecule has 0 atom stereocenters. The van der Waals surface area contributed by atoms with Crippen LogP contribution in [0.1, 0.15) is 26.2 Å². The van der Waals surface area contributed by atoms with Gasteiger partial charge in [0.25, 0.3) is 0 Å². The summed E-state index contributed by atoms with van der Waals surface area (Å²) >= 11 is 3.18. The highest BCUT2D eigenvalue weighted by atomic mass is 79.9. The Bertz CT molecular complexity index is 132. The fourth-order valence-corrected chi connectivity index (χ4v) is 0.907. The van der Waals surface area contributed by atoms with Crippen LogP contribution in [0.25, 0.3) is 0 Å². The average molecular weight is 221 g/mol. The van der Waals surface area contributed by atoms with Crippen molar-refractivity contribution in [2.75, 3.05) is 6.61 Å². The highest BCUT2D eigenvalue weighted by Crippen LogP contribution is 1.98. The summed E-state index contributed by atoms with van der Waals surface area (Å²) in [5.74, 6) is -0.193. The standard InChI is InChI=1S/C8H13BrO2/c1-8(10)11-7-5-3-2-4-6-9/h4,6H,2-3,5,7H2,1H3/b6-4-. The van der Waals surface area contributed by atoms with E-state index in [2.05, 4.69) is 15.9 Å². The number of carbonyl (C=O) groups excluding carboxylic acids is 1. The summed E-state index contributed by atoms with van der Waals surface area (Å²) in [5.41, 5.74) is 0. The lowest BCUT2D eigenvalue weighted by molar-refractivity contribution is -0.141. The summed E-state index contributed by atoms with van der Waals surface area (Å²) in [6.07, 6.45) is 5.08. The molecule has 0 rings (SSSR count). The van der Waals surface area contributed by atoms with Crippen LogP contribution < -0.4 is 0 Å². The molecule has 0 bridgehead atoms. The lowest BCUT2D eigenvalue weighted by atomic mass is 10.2. The maximum atomic E-state index is 10.3. The molecule has 11 heavy (non-hydrogen) atoms. The Morgan fingerprint density at radius 2 is 2.27 bits per heavy atom. The molecule has 3 heteroatoms. The molecule has 2 nitrogen and oxygen atoms in total. The predicted molar refractivity (Wildman–Crippen MR) is 48.6 cm³/mol. The number of carbonyl (C=O) groups is 1. The van der Waals surface area contributed by atoms with Crippen molar-refractivity contribution in [3.05, 3.63) is 11.1 Å². The predicted octanol–water partition coefficient (Wildman–Crippen LogP) is 2.63. The van der Waals surface area contributed by atoms with Gasteiger partial charge in [-0.3, -0.25) is 4.79 Å². The summed E-state index contributed by atoms with van der Waals surface area (Å²) < 4.78 is 4.75. The second kappa shape index (κ2) is 7.79. The number of unbranched alkanes of at least 4 members (excludes halogenated alkanes) is 2. The van der Waals surface area contributed by atoms with Gasteiger partial charge in [-0.2, -0.15) is 0 Å². The molecule has 0 aliphatic rings. The third-order valence-corrected chi connectivity index (χ3v) is 1.53. The Hall–Kier alpha value is -0.310. The SMILES string of the molecule is CC(=O)OCCCC/C=C\Br. The maximum absolute atomic E-state index is 10.3. The molecule has 0 aromatic carbocycles. The van der Waals surface area contributed by atoms with Crippen LogP contribution >= 0.6 is 15.9 Å². The Balaban J connectivity index is 2.96. The quantitative estimate of drug-likeness (QED) is 0.526. The summed E-state index contributed by atoms with van der Waals surface area (Å²) in [4.78, 5) is 12.1. The molecule has 0 heterocycles. The molecule has 0 aliphatic carbocycles. The second-order valence-electron chi connectivity index (χ2n) is 2.20. The van der Waals surface area contributed by atoms with Crippen molar-refractivity contribution in [2.24, 2.45) is 0 Å². The summed E-state index contributed by atoms with van der Waals surface area (Å²) in [7, 11) is 0. The first-order valence-corrected chi connectivity index (χ1v) is 4.57. The second-order valence-corrected chi connectivity index (χ2v) is 2.73. The van der Waals surface area contributed by atoms with Gasteiger partial charge >= 0.3 is 5.97 Å². The highest BCUT2D eigenvalue weighted by molar-refractivity contribution is 9.11. The van der Waals surface area contributed by atoms with E-state index in [4.69, 9.17) is 4.74 Å². The Morgan fingerprint density at radius 1 is 1.55 bits per heavy atom. The zero-order valence-corrected chi connectivity index (χ0v) is 8.26. The lowest BCUT2D eigenvalue weighted by Gasteiger charge is -1.98.